The zero-order chi connectivity index (χ0) is 32.6. The second kappa shape index (κ2) is 13.3. The van der Waals surface area contributed by atoms with E-state index >= 15 is 0 Å². The van der Waals surface area contributed by atoms with E-state index < -0.39 is 79.7 Å². The van der Waals surface area contributed by atoms with Crippen molar-refractivity contribution in [2.75, 3.05) is 34.5 Å². The van der Waals surface area contributed by atoms with Crippen LogP contribution in [0.3, 0.4) is 0 Å². The molecule has 0 amide bonds. The van der Waals surface area contributed by atoms with Crippen LogP contribution in [0.4, 0.5) is 0 Å². The number of hydrogen-bond donors (Lipinski definition) is 7. The molecule has 0 saturated carbocycles. The topological polar surface area (TPSA) is 236 Å². The minimum atomic E-state index is -1.84. The number of phenols is 1. The van der Waals surface area contributed by atoms with Gasteiger partial charge in [-0.15, -0.1) is 0 Å². The third-order valence-corrected chi connectivity index (χ3v) is 7.63. The molecule has 0 spiro atoms. The zero-order valence-corrected chi connectivity index (χ0v) is 24.3. The lowest BCUT2D eigenvalue weighted by atomic mass is 9.99. The summed E-state index contributed by atoms with van der Waals surface area (Å²) >= 11 is 0. The predicted octanol–water partition coefficient (Wildman–Crippen LogP) is -1.17. The first-order valence-electron chi connectivity index (χ1n) is 13.7. The molecule has 2 aromatic carbocycles. The van der Waals surface area contributed by atoms with Crippen molar-refractivity contribution in [2.45, 2.75) is 55.3 Å². The number of aromatic hydroxyl groups is 1. The van der Waals surface area contributed by atoms with E-state index in [1.807, 2.05) is 0 Å². The van der Waals surface area contributed by atoms with E-state index in [-0.39, 0.29) is 39.5 Å². The molecule has 2 fully saturated rings. The second-order valence-electron chi connectivity index (χ2n) is 10.4. The Hall–Kier alpha value is -3.71. The first kappa shape index (κ1) is 32.7. The van der Waals surface area contributed by atoms with E-state index in [0.717, 1.165) is 0 Å². The monoisotopic (exact) mass is 638 g/mol. The van der Waals surface area contributed by atoms with Crippen LogP contribution in [0.1, 0.15) is 0 Å². The quantitative estimate of drug-likeness (QED) is 0.146. The van der Waals surface area contributed by atoms with Gasteiger partial charge in [0.25, 0.3) is 0 Å². The van der Waals surface area contributed by atoms with Crippen molar-refractivity contribution in [1.82, 2.24) is 0 Å². The summed E-state index contributed by atoms with van der Waals surface area (Å²) in [6.45, 7) is -1.15. The molecule has 16 heteroatoms. The second-order valence-corrected chi connectivity index (χ2v) is 10.4. The number of fused-ring (bicyclic) bond motifs is 1. The van der Waals surface area contributed by atoms with Crippen molar-refractivity contribution < 1.29 is 73.3 Å². The highest BCUT2D eigenvalue weighted by molar-refractivity contribution is 5.84. The van der Waals surface area contributed by atoms with E-state index in [0.29, 0.717) is 5.75 Å². The highest BCUT2D eigenvalue weighted by Crippen LogP contribution is 2.43. The smallest absolute Gasteiger partial charge is 0.235 e. The summed E-state index contributed by atoms with van der Waals surface area (Å²) in [7, 11) is 4.07. The van der Waals surface area contributed by atoms with Crippen LogP contribution in [0.15, 0.2) is 39.5 Å². The summed E-state index contributed by atoms with van der Waals surface area (Å²) in [4.78, 5) is 13.8. The maximum absolute atomic E-state index is 13.8. The van der Waals surface area contributed by atoms with Gasteiger partial charge in [0.2, 0.25) is 23.2 Å². The van der Waals surface area contributed by atoms with Crippen LogP contribution < -0.4 is 24.4 Å². The third-order valence-electron chi connectivity index (χ3n) is 7.63. The van der Waals surface area contributed by atoms with E-state index in [9.17, 15) is 40.5 Å². The molecule has 7 N–H and O–H groups in total. The SMILES string of the molecule is COc1ccc2c(=O)c(O[C@@H]3OC[C@@H](O[C@@H]4O[C@H](CO)[C@H](O)[C@H](O)[C@H]4O)[C@H](O)[C@H]3O)c(-c3cc(OC)c(O)c(OC)c3)oc2c1. The van der Waals surface area contributed by atoms with Crippen molar-refractivity contribution >= 4 is 11.0 Å². The molecule has 246 valence electrons. The number of aliphatic hydroxyl groups excluding tert-OH is 6. The number of benzene rings is 2. The van der Waals surface area contributed by atoms with Crippen molar-refractivity contribution in [1.29, 1.82) is 0 Å². The number of aliphatic hydroxyl groups is 6. The molecular formula is C29H34O16. The zero-order valence-electron chi connectivity index (χ0n) is 24.3. The van der Waals surface area contributed by atoms with Gasteiger partial charge in [0.05, 0.1) is 39.9 Å². The van der Waals surface area contributed by atoms with Gasteiger partial charge in [-0.05, 0) is 24.3 Å². The summed E-state index contributed by atoms with van der Waals surface area (Å²) in [6.07, 6.45) is -14.5. The molecular weight excluding hydrogens is 604 g/mol. The lowest BCUT2D eigenvalue weighted by Gasteiger charge is -2.43. The molecule has 0 aliphatic carbocycles. The Morgan fingerprint density at radius 2 is 1.51 bits per heavy atom. The average Bonchev–Trinajstić information content (AvgIpc) is 3.05. The van der Waals surface area contributed by atoms with Gasteiger partial charge in [0.15, 0.2) is 23.5 Å². The van der Waals surface area contributed by atoms with Gasteiger partial charge >= 0.3 is 0 Å². The molecule has 3 heterocycles. The fourth-order valence-corrected chi connectivity index (χ4v) is 5.06. The van der Waals surface area contributed by atoms with Crippen molar-refractivity contribution in [3.8, 4) is 40.1 Å². The average molecular weight is 639 g/mol. The molecule has 3 aromatic rings. The van der Waals surface area contributed by atoms with Crippen LogP contribution >= 0.6 is 0 Å². The van der Waals surface area contributed by atoms with E-state index in [1.54, 1.807) is 0 Å². The molecule has 16 nitrogen and oxygen atoms in total. The molecule has 45 heavy (non-hydrogen) atoms. The predicted molar refractivity (Wildman–Crippen MR) is 150 cm³/mol. The fourth-order valence-electron chi connectivity index (χ4n) is 5.06. The molecule has 0 bridgehead atoms. The summed E-state index contributed by atoms with van der Waals surface area (Å²) in [6, 6.07) is 7.20. The van der Waals surface area contributed by atoms with E-state index in [4.69, 9.17) is 37.6 Å². The van der Waals surface area contributed by atoms with Crippen LogP contribution in [-0.4, -0.2) is 126 Å². The molecule has 2 aliphatic rings. The van der Waals surface area contributed by atoms with Crippen LogP contribution in [0.25, 0.3) is 22.3 Å². The van der Waals surface area contributed by atoms with Gasteiger partial charge in [0.1, 0.15) is 54.1 Å². The molecule has 2 saturated heterocycles. The molecule has 0 radical (unpaired) electrons. The minimum absolute atomic E-state index is 0.0127. The Labute approximate surface area is 255 Å². The molecule has 1 aromatic heterocycles. The van der Waals surface area contributed by atoms with Gasteiger partial charge in [-0.2, -0.15) is 0 Å². The number of rotatable bonds is 9. The molecule has 2 aliphatic heterocycles. The first-order chi connectivity index (χ1) is 21.5. The summed E-state index contributed by atoms with van der Waals surface area (Å²) < 4.78 is 44.1. The Balaban J connectivity index is 1.47. The molecule has 9 atom stereocenters. The Morgan fingerprint density at radius 3 is 2.13 bits per heavy atom. The Bertz CT molecular complexity index is 1530. The highest BCUT2D eigenvalue weighted by atomic mass is 16.7. The Morgan fingerprint density at radius 1 is 0.844 bits per heavy atom. The highest BCUT2D eigenvalue weighted by Gasteiger charge is 2.48. The van der Waals surface area contributed by atoms with Gasteiger partial charge < -0.3 is 73.3 Å². The van der Waals surface area contributed by atoms with Crippen molar-refractivity contribution in [2.24, 2.45) is 0 Å². The largest absolute Gasteiger partial charge is 0.502 e. The number of hydrogen-bond acceptors (Lipinski definition) is 16. The lowest BCUT2D eigenvalue weighted by molar-refractivity contribution is -0.338. The summed E-state index contributed by atoms with van der Waals surface area (Å²) in [5, 5.41) is 72.1. The van der Waals surface area contributed by atoms with Gasteiger partial charge in [-0.1, -0.05) is 0 Å². The van der Waals surface area contributed by atoms with Crippen molar-refractivity contribution in [3.05, 3.63) is 40.6 Å². The maximum Gasteiger partial charge on any atom is 0.235 e. The summed E-state index contributed by atoms with van der Waals surface area (Å²) in [5.41, 5.74) is -0.385. The summed E-state index contributed by atoms with van der Waals surface area (Å²) in [5.74, 6) is -0.529. The number of methoxy groups -OCH3 is 3. The standard InChI is InChI=1S/C29H34O16/c1-38-12-4-5-13-14(8-12)42-26(11-6-15(39-2)20(32)16(7-11)40-3)27(19(13)31)45-28-24(36)22(34)18(10-41-28)44-29-25(37)23(35)21(33)17(9-30)43-29/h4-8,17-18,21-25,28-30,32-37H,9-10H2,1-3H3/t17-,18-,21+,22+,23+,24-,25-,28+,29+/m1/s1. The van der Waals surface area contributed by atoms with Gasteiger partial charge in [-0.3, -0.25) is 4.79 Å². The lowest BCUT2D eigenvalue weighted by Crippen LogP contribution is -2.62. The van der Waals surface area contributed by atoms with E-state index in [2.05, 4.69) is 0 Å². The number of phenolic OH excluding ortho intramolecular Hbond substituents is 1. The minimum Gasteiger partial charge on any atom is -0.502 e. The van der Waals surface area contributed by atoms with Crippen LogP contribution in [0.2, 0.25) is 0 Å². The number of ether oxygens (including phenoxy) is 7. The van der Waals surface area contributed by atoms with Crippen LogP contribution in [-0.2, 0) is 14.2 Å². The molecule has 0 unspecified atom stereocenters. The maximum atomic E-state index is 13.8. The van der Waals surface area contributed by atoms with Gasteiger partial charge in [-0.25, -0.2) is 0 Å². The normalized spacial score (nSPS) is 30.2. The third kappa shape index (κ3) is 6.11. The van der Waals surface area contributed by atoms with Crippen LogP contribution in [0, 0.1) is 0 Å². The van der Waals surface area contributed by atoms with Gasteiger partial charge in [0, 0.05) is 11.6 Å². The van der Waals surface area contributed by atoms with Crippen molar-refractivity contribution in [3.63, 3.8) is 0 Å². The molecule has 5 rings (SSSR count). The fraction of sp³-hybridized carbons (Fsp3) is 0.483. The van der Waals surface area contributed by atoms with E-state index in [1.165, 1.54) is 51.7 Å². The Kier molecular flexibility index (Phi) is 9.68. The first-order valence-corrected chi connectivity index (χ1v) is 13.7. The van der Waals surface area contributed by atoms with Crippen LogP contribution in [0.5, 0.6) is 28.7 Å².